The van der Waals surface area contributed by atoms with E-state index in [1.807, 2.05) is 0 Å². The lowest BCUT2D eigenvalue weighted by Gasteiger charge is -2.21. The molecule has 10 heteroatoms. The van der Waals surface area contributed by atoms with Crippen LogP contribution in [0.15, 0.2) is 18.2 Å². The molecule has 0 amide bonds. The van der Waals surface area contributed by atoms with E-state index in [1.54, 1.807) is 0 Å². The van der Waals surface area contributed by atoms with Crippen molar-refractivity contribution in [1.29, 1.82) is 0 Å². The van der Waals surface area contributed by atoms with Gasteiger partial charge in [0.25, 0.3) is 0 Å². The number of esters is 2. The molecule has 0 heterocycles. The average molecular weight is 412 g/mol. The molecule has 0 saturated heterocycles. The summed E-state index contributed by atoms with van der Waals surface area (Å²) in [5.41, 5.74) is -0.704. The molecule has 5 nitrogen and oxygen atoms in total. The summed E-state index contributed by atoms with van der Waals surface area (Å²) in [6.45, 7) is 0.608. The molecule has 1 aromatic rings. The van der Waals surface area contributed by atoms with E-state index in [0.717, 1.165) is 19.1 Å². The number of hydrogen-bond acceptors (Lipinski definition) is 5. The second-order valence-corrected chi connectivity index (χ2v) is 5.82. The van der Waals surface area contributed by atoms with Gasteiger partial charge in [0.2, 0.25) is 0 Å². The van der Waals surface area contributed by atoms with Crippen molar-refractivity contribution < 1.29 is 45.8 Å². The van der Waals surface area contributed by atoms with E-state index in [1.165, 1.54) is 0 Å². The maximum absolute atomic E-state index is 13.9. The number of hydrogen-bond donors (Lipinski definition) is 0. The Morgan fingerprint density at radius 3 is 2.39 bits per heavy atom. The van der Waals surface area contributed by atoms with Gasteiger partial charge in [-0.15, -0.1) is 0 Å². The van der Waals surface area contributed by atoms with E-state index in [2.05, 4.69) is 9.47 Å². The topological polar surface area (TPSA) is 61.8 Å². The van der Waals surface area contributed by atoms with E-state index in [-0.39, 0.29) is 25.4 Å². The van der Waals surface area contributed by atoms with Crippen LogP contribution < -0.4 is 4.74 Å². The number of ether oxygens (including phenoxy) is 3. The molecule has 0 fully saturated rings. The minimum Gasteiger partial charge on any atom is -0.449 e. The first-order valence-corrected chi connectivity index (χ1v) is 8.54. The SMILES string of the molecule is CC(=O)Oc1ccc(C(=O)OC(CCCCCOCCF)C(F)(F)F)c(F)c1. The van der Waals surface area contributed by atoms with Gasteiger partial charge >= 0.3 is 18.1 Å². The number of rotatable bonds is 11. The average Bonchev–Trinajstić information content (AvgIpc) is 2.58. The van der Waals surface area contributed by atoms with Crippen molar-refractivity contribution >= 4 is 11.9 Å². The summed E-state index contributed by atoms with van der Waals surface area (Å²) < 4.78 is 79.0. The maximum atomic E-state index is 13.9. The Bertz CT molecular complexity index is 648. The van der Waals surface area contributed by atoms with Crippen molar-refractivity contribution in [1.82, 2.24) is 0 Å². The smallest absolute Gasteiger partial charge is 0.425 e. The van der Waals surface area contributed by atoms with Crippen LogP contribution in [0.3, 0.4) is 0 Å². The molecular weight excluding hydrogens is 391 g/mol. The molecule has 0 saturated carbocycles. The van der Waals surface area contributed by atoms with Gasteiger partial charge in [0.1, 0.15) is 18.2 Å². The van der Waals surface area contributed by atoms with Gasteiger partial charge in [-0.05, 0) is 31.4 Å². The van der Waals surface area contributed by atoms with E-state index >= 15 is 0 Å². The minimum atomic E-state index is -4.81. The molecule has 0 aliphatic heterocycles. The molecule has 1 rings (SSSR count). The summed E-state index contributed by atoms with van der Waals surface area (Å²) in [6.07, 6.45) is -6.81. The van der Waals surface area contributed by atoms with Gasteiger partial charge in [0.05, 0.1) is 12.2 Å². The molecule has 1 aromatic carbocycles. The number of carbonyl (C=O) groups is 2. The predicted molar refractivity (Wildman–Crippen MR) is 88.2 cm³/mol. The van der Waals surface area contributed by atoms with Crippen molar-refractivity contribution in [2.24, 2.45) is 0 Å². The highest BCUT2D eigenvalue weighted by atomic mass is 19.4. The third-order valence-electron chi connectivity index (χ3n) is 3.51. The first-order chi connectivity index (χ1) is 13.1. The standard InChI is InChI=1S/C18H21F5O5/c1-12(24)27-13-6-7-14(15(20)11-13)17(25)28-16(18(21,22)23)5-3-2-4-9-26-10-8-19/h6-7,11,16H,2-5,8-10H2,1H3. The van der Waals surface area contributed by atoms with Gasteiger partial charge in [-0.1, -0.05) is 6.42 Å². The quantitative estimate of drug-likeness (QED) is 0.234. The van der Waals surface area contributed by atoms with Crippen LogP contribution in [0.1, 0.15) is 43.0 Å². The third kappa shape index (κ3) is 8.64. The van der Waals surface area contributed by atoms with Crippen molar-refractivity contribution in [3.63, 3.8) is 0 Å². The number of alkyl halides is 4. The molecule has 0 spiro atoms. The molecule has 158 valence electrons. The Balaban J connectivity index is 2.63. The molecule has 1 unspecified atom stereocenters. The Morgan fingerprint density at radius 2 is 1.82 bits per heavy atom. The molecule has 1 atom stereocenters. The Morgan fingerprint density at radius 1 is 1.11 bits per heavy atom. The summed E-state index contributed by atoms with van der Waals surface area (Å²) in [6, 6.07) is 2.66. The molecule has 0 radical (unpaired) electrons. The van der Waals surface area contributed by atoms with Crippen LogP contribution in [0.4, 0.5) is 22.0 Å². The highest BCUT2D eigenvalue weighted by Gasteiger charge is 2.42. The maximum Gasteiger partial charge on any atom is 0.425 e. The fourth-order valence-corrected chi connectivity index (χ4v) is 2.24. The monoisotopic (exact) mass is 412 g/mol. The zero-order valence-electron chi connectivity index (χ0n) is 15.2. The Kier molecular flexibility index (Phi) is 9.84. The van der Waals surface area contributed by atoms with Crippen molar-refractivity contribution in [3.8, 4) is 5.75 Å². The lowest BCUT2D eigenvalue weighted by Crippen LogP contribution is -2.34. The summed E-state index contributed by atoms with van der Waals surface area (Å²) in [7, 11) is 0. The van der Waals surface area contributed by atoms with Gasteiger partial charge in [-0.2, -0.15) is 13.2 Å². The van der Waals surface area contributed by atoms with E-state index in [0.29, 0.717) is 18.9 Å². The molecule has 0 aromatic heterocycles. The number of unbranched alkanes of at least 4 members (excludes halogenated alkanes) is 2. The van der Waals surface area contributed by atoms with Crippen molar-refractivity contribution in [2.45, 2.75) is 44.9 Å². The lowest BCUT2D eigenvalue weighted by molar-refractivity contribution is -0.206. The van der Waals surface area contributed by atoms with Crippen LogP contribution in [0, 0.1) is 5.82 Å². The van der Waals surface area contributed by atoms with Crippen LogP contribution in [-0.4, -0.2) is 44.1 Å². The van der Waals surface area contributed by atoms with Gasteiger partial charge in [-0.25, -0.2) is 13.6 Å². The number of halogens is 5. The van der Waals surface area contributed by atoms with E-state index in [4.69, 9.17) is 4.74 Å². The lowest BCUT2D eigenvalue weighted by atomic mass is 10.1. The largest absolute Gasteiger partial charge is 0.449 e. The van der Waals surface area contributed by atoms with Gasteiger partial charge in [0, 0.05) is 19.6 Å². The number of benzene rings is 1. The normalized spacial score (nSPS) is 12.5. The zero-order valence-corrected chi connectivity index (χ0v) is 15.2. The Labute approximate surface area is 158 Å². The van der Waals surface area contributed by atoms with E-state index in [9.17, 15) is 31.5 Å². The van der Waals surface area contributed by atoms with Gasteiger partial charge < -0.3 is 14.2 Å². The second-order valence-electron chi connectivity index (χ2n) is 5.82. The summed E-state index contributed by atoms with van der Waals surface area (Å²) in [5.74, 6) is -3.55. The van der Waals surface area contributed by atoms with Crippen LogP contribution in [0.2, 0.25) is 0 Å². The first-order valence-electron chi connectivity index (χ1n) is 8.54. The van der Waals surface area contributed by atoms with E-state index < -0.39 is 48.7 Å². The molecule has 0 aliphatic carbocycles. The second kappa shape index (κ2) is 11.6. The third-order valence-corrected chi connectivity index (χ3v) is 3.51. The van der Waals surface area contributed by atoms with Crippen molar-refractivity contribution in [3.05, 3.63) is 29.6 Å². The summed E-state index contributed by atoms with van der Waals surface area (Å²) >= 11 is 0. The molecule has 0 aliphatic rings. The predicted octanol–water partition coefficient (Wildman–Crippen LogP) is 4.39. The highest BCUT2D eigenvalue weighted by molar-refractivity contribution is 5.90. The summed E-state index contributed by atoms with van der Waals surface area (Å²) in [4.78, 5) is 22.7. The fourth-order valence-electron chi connectivity index (χ4n) is 2.24. The van der Waals surface area contributed by atoms with Crippen LogP contribution in [-0.2, 0) is 14.3 Å². The molecule has 28 heavy (non-hydrogen) atoms. The number of carbonyl (C=O) groups excluding carboxylic acids is 2. The van der Waals surface area contributed by atoms with Crippen molar-refractivity contribution in [2.75, 3.05) is 19.9 Å². The van der Waals surface area contributed by atoms with Gasteiger partial charge in [-0.3, -0.25) is 4.79 Å². The van der Waals surface area contributed by atoms with Gasteiger partial charge in [0.15, 0.2) is 6.10 Å². The zero-order chi connectivity index (χ0) is 21.2. The Hall–Kier alpha value is -2.23. The minimum absolute atomic E-state index is 0.0649. The van der Waals surface area contributed by atoms with Crippen LogP contribution in [0.25, 0.3) is 0 Å². The summed E-state index contributed by atoms with van der Waals surface area (Å²) in [5, 5.41) is 0. The van der Waals surface area contributed by atoms with Crippen LogP contribution in [0.5, 0.6) is 5.75 Å². The first kappa shape index (κ1) is 23.8. The molecular formula is C18H21F5O5. The molecule has 0 bridgehead atoms. The molecule has 0 N–H and O–H groups in total. The highest BCUT2D eigenvalue weighted by Crippen LogP contribution is 2.28. The fraction of sp³-hybridized carbons (Fsp3) is 0.556. The van der Waals surface area contributed by atoms with Crippen LogP contribution >= 0.6 is 0 Å².